The average molecular weight is 1720 g/mol. The second kappa shape index (κ2) is 33.8. The number of aliphatic hydroxyl groups excluding tert-OH is 2. The largest absolute Gasteiger partial charge is 0.458 e. The summed E-state index contributed by atoms with van der Waals surface area (Å²) in [7, 11) is 0. The molecule has 126 heavy (non-hydrogen) atoms. The number of aliphatic hydroxyl groups is 3. The maximum atomic E-state index is 13.5. The number of ether oxygens (including phenoxy) is 2. The third kappa shape index (κ3) is 14.7. The summed E-state index contributed by atoms with van der Waals surface area (Å²) in [5.74, 6) is 1.98. The Balaban J connectivity index is 0.000000119. The normalized spacial score (nSPS) is 38.9. The molecule has 8 unspecified atom stereocenters. The number of allylic oxidation sites excluding steroid dienone is 20. The van der Waals surface area contributed by atoms with Crippen LogP contribution in [-0.4, -0.2) is 106 Å². The molecular formula is C110H126O15S. The summed E-state index contributed by atoms with van der Waals surface area (Å²) in [6.45, 7) is 19.4. The van der Waals surface area contributed by atoms with Gasteiger partial charge < -0.3 is 24.8 Å². The van der Waals surface area contributed by atoms with Crippen LogP contribution in [-0.2, 0) is 57.4 Å². The van der Waals surface area contributed by atoms with E-state index in [1.165, 1.54) is 69.5 Å². The second-order valence-corrected chi connectivity index (χ2v) is 43.0. The first-order chi connectivity index (χ1) is 60.1. The summed E-state index contributed by atoms with van der Waals surface area (Å²) in [6, 6.07) is 35.2. The summed E-state index contributed by atoms with van der Waals surface area (Å²) in [4.78, 5) is 125. The number of hydrogen-bond acceptors (Lipinski definition) is 16. The molecule has 16 aliphatic rings. The first kappa shape index (κ1) is 88.9. The van der Waals surface area contributed by atoms with Crippen LogP contribution in [0, 0.1) is 108 Å². The molecular weight excluding hydrogens is 1590 g/mol. The number of carbonyl (C=O) groups excluding carboxylic acids is 10. The van der Waals surface area contributed by atoms with Crippen molar-refractivity contribution >= 4 is 69.5 Å². The zero-order chi connectivity index (χ0) is 89.2. The summed E-state index contributed by atoms with van der Waals surface area (Å²) in [5.41, 5.74) is 11.3. The molecule has 8 saturated carbocycles. The molecule has 3 N–H and O–H groups in total. The highest BCUT2D eigenvalue weighted by Gasteiger charge is 2.70. The maximum absolute atomic E-state index is 13.5. The molecule has 8 fully saturated rings. The highest BCUT2D eigenvalue weighted by atomic mass is 32.1. The van der Waals surface area contributed by atoms with E-state index in [1.807, 2.05) is 79.1 Å². The first-order valence-electron chi connectivity index (χ1n) is 46.8. The Kier molecular flexibility index (Phi) is 23.8. The van der Waals surface area contributed by atoms with E-state index in [-0.39, 0.29) is 151 Å². The summed E-state index contributed by atoms with van der Waals surface area (Å²) >= 11 is 1.56. The van der Waals surface area contributed by atoms with Gasteiger partial charge in [0, 0.05) is 82.3 Å². The topological polar surface area (TPSA) is 250 Å². The fourth-order valence-electron chi connectivity index (χ4n) is 29.9. The number of fused-ring (bicyclic) bond motifs is 20. The molecule has 24 atom stereocenters. The lowest BCUT2D eigenvalue weighted by Gasteiger charge is -2.53. The van der Waals surface area contributed by atoms with E-state index in [1.54, 1.807) is 29.6 Å². The van der Waals surface area contributed by atoms with Gasteiger partial charge in [0.1, 0.15) is 25.4 Å². The zero-order valence-corrected chi connectivity index (χ0v) is 75.9. The lowest BCUT2D eigenvalue weighted by molar-refractivity contribution is -0.164. The molecule has 15 nitrogen and oxygen atoms in total. The fourth-order valence-corrected chi connectivity index (χ4v) is 30.8. The van der Waals surface area contributed by atoms with Gasteiger partial charge in [0.2, 0.25) is 5.78 Å². The van der Waals surface area contributed by atoms with Crippen LogP contribution in [0.25, 0.3) is 0 Å². The number of Topliss-reactive ketones (excluding diaryl/α,β-unsaturated/α-hetero) is 4. The highest BCUT2D eigenvalue weighted by Crippen LogP contribution is 2.73. The number of ketones is 8. The van der Waals surface area contributed by atoms with E-state index < -0.39 is 35.3 Å². The molecule has 0 saturated heterocycles. The van der Waals surface area contributed by atoms with Gasteiger partial charge >= 0.3 is 11.9 Å². The lowest BCUT2D eigenvalue weighted by atomic mass is 9.51. The van der Waals surface area contributed by atoms with E-state index >= 15 is 0 Å². The van der Waals surface area contributed by atoms with Crippen molar-refractivity contribution in [1.82, 2.24) is 0 Å². The van der Waals surface area contributed by atoms with Crippen molar-refractivity contribution in [3.63, 3.8) is 0 Å². The smallest absolute Gasteiger partial charge is 0.303 e. The van der Waals surface area contributed by atoms with E-state index in [0.29, 0.717) is 61.2 Å². The monoisotopic (exact) mass is 1720 g/mol. The predicted octanol–water partition coefficient (Wildman–Crippen LogP) is 19.9. The van der Waals surface area contributed by atoms with E-state index in [2.05, 4.69) is 140 Å². The van der Waals surface area contributed by atoms with Crippen molar-refractivity contribution in [2.45, 2.75) is 227 Å². The Labute approximate surface area is 747 Å². The van der Waals surface area contributed by atoms with Crippen LogP contribution in [0.15, 0.2) is 226 Å². The van der Waals surface area contributed by atoms with Crippen molar-refractivity contribution in [3.05, 3.63) is 248 Å². The van der Waals surface area contributed by atoms with Gasteiger partial charge in [0.15, 0.2) is 47.1 Å². The number of rotatable bonds is 14. The van der Waals surface area contributed by atoms with Crippen molar-refractivity contribution in [2.24, 2.45) is 108 Å². The van der Waals surface area contributed by atoms with Gasteiger partial charge in [-0.15, -0.1) is 11.3 Å². The van der Waals surface area contributed by atoms with Crippen LogP contribution in [0.5, 0.6) is 0 Å². The molecule has 0 bridgehead atoms. The number of carbonyl (C=O) groups is 10. The fraction of sp³-hybridized carbons (Fsp3) is 0.527. The minimum Gasteiger partial charge on any atom is -0.458 e. The summed E-state index contributed by atoms with van der Waals surface area (Å²) < 4.78 is 10.3. The second-order valence-electron chi connectivity index (χ2n) is 42.0. The number of hydrogen-bond donors (Lipinski definition) is 3. The molecule has 3 aromatic carbocycles. The molecule has 662 valence electrons. The van der Waals surface area contributed by atoms with Crippen LogP contribution >= 0.6 is 11.3 Å². The third-order valence-electron chi connectivity index (χ3n) is 36.2. The Morgan fingerprint density at radius 1 is 0.413 bits per heavy atom. The molecule has 1 heterocycles. The maximum Gasteiger partial charge on any atom is 0.303 e. The SMILES string of the molecule is CC(=O)OCC(=O)[C@@]1(O)[C@H](c2cccs2)CC2C3CCC4=CC(=O)C=C[C@]4(C)C3=CC[C@@]21C.CC(=O)OCC(=O)[C@H]1[C@H](c2ccccc2)CC2C3CCC4=CC(=O)CC[C@]4(C)C3=CC[C@@]21C.C[C@]12C=CC(=O)C=C1CCC1C2=CC[C@@]2(C)C1C[C@H](c1ccccc1)[C@@H]2C(=O)CO.C[C@]12CCC(=O)C=C1CCC1C2=CC[C@@]2(C)C1C[C@H](c1ccccc1)[C@@H]2C(=O)CO. The Morgan fingerprint density at radius 3 is 1.18 bits per heavy atom. The van der Waals surface area contributed by atoms with Crippen molar-refractivity contribution in [2.75, 3.05) is 26.4 Å². The predicted molar refractivity (Wildman–Crippen MR) is 486 cm³/mol. The summed E-state index contributed by atoms with van der Waals surface area (Å²) in [6.07, 6.45) is 42.2. The van der Waals surface area contributed by atoms with Crippen LogP contribution in [0.3, 0.4) is 0 Å². The summed E-state index contributed by atoms with van der Waals surface area (Å²) in [5, 5.41) is 33.8. The molecule has 0 amide bonds. The Bertz CT molecular complexity index is 5410. The van der Waals surface area contributed by atoms with Gasteiger partial charge in [-0.05, 0) is 275 Å². The standard InChI is InChI=1S/C29H34O4.C27H30O5S.C27H32O3.C27H30O3/c1-18(30)33-17-26(32)27-23(19-7-5-4-6-8-19)16-25-22-10-9-20-15-21(31)11-13-28(20,2)24(22)12-14-29(25,27)3;1-16(28)32-15-24(30)27(31)22(23-5-4-12-33-23)14-21-19-7-6-17-13-18(29)8-10-25(17,2)20(19)9-11-26(21,27)3;2*1-26-12-10-19(29)14-18(26)8-9-20-22(26)11-13-27(2)23(20)15-21(25(27)24(30)16-28)17-6-4-3-5-7-17/h4-8,12,15,22-23,25,27H,9-11,13-14,16-17H2,1-3H3;4-5,8-10,12-13,19,21-22,31H,6-7,11,14-15H2,1-3H3;3-7,11,14,20-21,23,25,28H,8-10,12-13,15-16H2,1-2H3;3-7,10-12,14,20-21,23,25,28H,8-9,13,15-16H2,1-2H3/t22?,23-,25?,27+,28-,29-;19?,21?,22-,25-,26-,27-;2*20?,21-,23?,25-,26+,27+/m0011/s1. The number of benzene rings is 3. The highest BCUT2D eigenvalue weighted by molar-refractivity contribution is 7.10. The van der Waals surface area contributed by atoms with Gasteiger partial charge in [-0.3, -0.25) is 47.9 Å². The van der Waals surface area contributed by atoms with E-state index in [0.717, 1.165) is 113 Å². The molecule has 4 aromatic rings. The minimum absolute atomic E-state index is 0.00317. The average Bonchev–Trinajstić information content (AvgIpc) is 1.53. The Morgan fingerprint density at radius 2 is 0.786 bits per heavy atom. The van der Waals surface area contributed by atoms with Crippen LogP contribution < -0.4 is 0 Å². The Hall–Kier alpha value is -9.06. The van der Waals surface area contributed by atoms with Gasteiger partial charge in [-0.1, -0.05) is 220 Å². The number of esters is 2. The van der Waals surface area contributed by atoms with E-state index in [9.17, 15) is 63.3 Å². The van der Waals surface area contributed by atoms with Gasteiger partial charge in [-0.25, -0.2) is 0 Å². The third-order valence-corrected chi connectivity index (χ3v) is 37.1. The molecule has 0 aliphatic heterocycles. The minimum atomic E-state index is -1.62. The van der Waals surface area contributed by atoms with Crippen molar-refractivity contribution in [1.29, 1.82) is 0 Å². The number of thiophene rings is 1. The first-order valence-corrected chi connectivity index (χ1v) is 47.7. The molecule has 1 aromatic heterocycles. The zero-order valence-electron chi connectivity index (χ0n) is 75.1. The van der Waals surface area contributed by atoms with Gasteiger partial charge in [-0.2, -0.15) is 0 Å². The molecule has 16 aliphatic carbocycles. The van der Waals surface area contributed by atoms with Crippen molar-refractivity contribution < 1.29 is 72.7 Å². The van der Waals surface area contributed by atoms with Gasteiger partial charge in [0.05, 0.1) is 0 Å². The lowest BCUT2D eigenvalue weighted by Crippen LogP contribution is -2.57. The molecule has 0 spiro atoms. The quantitative estimate of drug-likeness (QED) is 0.0784. The molecule has 20 rings (SSSR count). The van der Waals surface area contributed by atoms with Crippen LogP contribution in [0.1, 0.15) is 243 Å². The van der Waals surface area contributed by atoms with Gasteiger partial charge in [0.25, 0.3) is 0 Å². The van der Waals surface area contributed by atoms with Crippen LogP contribution in [0.4, 0.5) is 0 Å². The molecule has 0 radical (unpaired) electrons. The van der Waals surface area contributed by atoms with Crippen LogP contribution in [0.2, 0.25) is 0 Å². The van der Waals surface area contributed by atoms with E-state index in [4.69, 9.17) is 9.47 Å². The van der Waals surface area contributed by atoms with Crippen molar-refractivity contribution in [3.8, 4) is 0 Å². The molecule has 16 heteroatoms.